The van der Waals surface area contributed by atoms with E-state index >= 15 is 0 Å². The van der Waals surface area contributed by atoms with E-state index in [1.807, 2.05) is 44.2 Å². The second-order valence-corrected chi connectivity index (χ2v) is 3.99. The Morgan fingerprint density at radius 2 is 2.00 bits per heavy atom. The molecule has 0 saturated heterocycles. The van der Waals surface area contributed by atoms with Crippen molar-refractivity contribution in [1.29, 1.82) is 0 Å². The number of hydrogen-bond acceptors (Lipinski definition) is 3. The molecule has 3 nitrogen and oxygen atoms in total. The Morgan fingerprint density at radius 1 is 1.18 bits per heavy atom. The summed E-state index contributed by atoms with van der Waals surface area (Å²) in [6.45, 7) is 4.46. The Balaban J connectivity index is 2.32. The molecule has 0 bridgehead atoms. The SMILES string of the molecule is Cc1ccc(CN)cc1Oc1cccnc1C. The number of hydrogen-bond donors (Lipinski definition) is 1. The standard InChI is InChI=1S/C14H16N2O/c1-10-5-6-12(9-15)8-14(10)17-13-4-3-7-16-11(13)2/h3-8H,9,15H2,1-2H3. The fraction of sp³-hybridized carbons (Fsp3) is 0.214. The van der Waals surface area contributed by atoms with E-state index in [1.54, 1.807) is 6.20 Å². The maximum Gasteiger partial charge on any atom is 0.148 e. The number of nitrogens with two attached hydrogens (primary N) is 1. The number of ether oxygens (including phenoxy) is 1. The Hall–Kier alpha value is -1.87. The van der Waals surface area contributed by atoms with E-state index in [1.165, 1.54) is 0 Å². The highest BCUT2D eigenvalue weighted by Gasteiger charge is 2.05. The molecule has 3 heteroatoms. The predicted molar refractivity (Wildman–Crippen MR) is 68.1 cm³/mol. The highest BCUT2D eigenvalue weighted by Crippen LogP contribution is 2.27. The lowest BCUT2D eigenvalue weighted by atomic mass is 10.1. The van der Waals surface area contributed by atoms with Crippen LogP contribution in [0.25, 0.3) is 0 Å². The van der Waals surface area contributed by atoms with E-state index in [0.29, 0.717) is 6.54 Å². The van der Waals surface area contributed by atoms with E-state index in [4.69, 9.17) is 10.5 Å². The van der Waals surface area contributed by atoms with E-state index in [0.717, 1.165) is 28.3 Å². The molecule has 0 aliphatic heterocycles. The summed E-state index contributed by atoms with van der Waals surface area (Å²) >= 11 is 0. The zero-order valence-electron chi connectivity index (χ0n) is 10.1. The first-order chi connectivity index (χ1) is 8.20. The van der Waals surface area contributed by atoms with Crippen molar-refractivity contribution in [1.82, 2.24) is 4.98 Å². The van der Waals surface area contributed by atoms with E-state index in [9.17, 15) is 0 Å². The molecule has 0 amide bonds. The molecular weight excluding hydrogens is 212 g/mol. The summed E-state index contributed by atoms with van der Waals surface area (Å²) in [4.78, 5) is 4.20. The maximum atomic E-state index is 5.86. The fourth-order valence-electron chi connectivity index (χ4n) is 1.58. The topological polar surface area (TPSA) is 48.1 Å². The highest BCUT2D eigenvalue weighted by molar-refractivity contribution is 5.40. The van der Waals surface area contributed by atoms with Gasteiger partial charge in [0, 0.05) is 12.7 Å². The van der Waals surface area contributed by atoms with Gasteiger partial charge in [0.25, 0.3) is 0 Å². The molecule has 88 valence electrons. The van der Waals surface area contributed by atoms with Gasteiger partial charge in [0.1, 0.15) is 11.5 Å². The molecule has 0 atom stereocenters. The molecule has 2 N–H and O–H groups in total. The van der Waals surface area contributed by atoms with Crippen LogP contribution in [0.3, 0.4) is 0 Å². The molecule has 1 aromatic heterocycles. The fourth-order valence-corrected chi connectivity index (χ4v) is 1.58. The van der Waals surface area contributed by atoms with Crippen molar-refractivity contribution >= 4 is 0 Å². The van der Waals surface area contributed by atoms with E-state index in [-0.39, 0.29) is 0 Å². The van der Waals surface area contributed by atoms with Crippen LogP contribution in [0.2, 0.25) is 0 Å². The largest absolute Gasteiger partial charge is 0.455 e. The summed E-state index contributed by atoms with van der Waals surface area (Å²) in [6.07, 6.45) is 1.76. The van der Waals surface area contributed by atoms with Gasteiger partial charge in [-0.05, 0) is 43.2 Å². The molecule has 1 heterocycles. The van der Waals surface area contributed by atoms with Gasteiger partial charge in [0.05, 0.1) is 5.69 Å². The molecule has 0 saturated carbocycles. The van der Waals surface area contributed by atoms with Crippen molar-refractivity contribution in [2.45, 2.75) is 20.4 Å². The van der Waals surface area contributed by atoms with Crippen LogP contribution in [0, 0.1) is 13.8 Å². The highest BCUT2D eigenvalue weighted by atomic mass is 16.5. The van der Waals surface area contributed by atoms with E-state index < -0.39 is 0 Å². The third-order valence-corrected chi connectivity index (χ3v) is 2.67. The van der Waals surface area contributed by atoms with Gasteiger partial charge in [-0.15, -0.1) is 0 Å². The zero-order valence-corrected chi connectivity index (χ0v) is 10.1. The minimum absolute atomic E-state index is 0.517. The van der Waals surface area contributed by atoms with Gasteiger partial charge in [0.15, 0.2) is 0 Å². The van der Waals surface area contributed by atoms with Crippen molar-refractivity contribution in [3.8, 4) is 11.5 Å². The summed E-state index contributed by atoms with van der Waals surface area (Å²) in [5.41, 5.74) is 8.65. The Bertz CT molecular complexity index is 523. The first-order valence-corrected chi connectivity index (χ1v) is 5.60. The van der Waals surface area contributed by atoms with Crippen LogP contribution in [0.15, 0.2) is 36.5 Å². The van der Waals surface area contributed by atoms with Crippen molar-refractivity contribution in [3.63, 3.8) is 0 Å². The molecule has 2 rings (SSSR count). The van der Waals surface area contributed by atoms with Gasteiger partial charge < -0.3 is 10.5 Å². The summed E-state index contributed by atoms with van der Waals surface area (Å²) in [5, 5.41) is 0. The number of aromatic nitrogens is 1. The molecule has 0 fully saturated rings. The summed E-state index contributed by atoms with van der Waals surface area (Å²) in [5.74, 6) is 1.62. The minimum atomic E-state index is 0.517. The minimum Gasteiger partial charge on any atom is -0.455 e. The normalized spacial score (nSPS) is 10.3. The van der Waals surface area contributed by atoms with Crippen molar-refractivity contribution in [2.75, 3.05) is 0 Å². The zero-order chi connectivity index (χ0) is 12.3. The predicted octanol–water partition coefficient (Wildman–Crippen LogP) is 2.95. The van der Waals surface area contributed by atoms with Crippen molar-refractivity contribution < 1.29 is 4.74 Å². The molecule has 0 unspecified atom stereocenters. The third kappa shape index (κ3) is 2.63. The molecule has 17 heavy (non-hydrogen) atoms. The maximum absolute atomic E-state index is 5.86. The van der Waals surface area contributed by atoms with Crippen molar-refractivity contribution in [2.24, 2.45) is 5.73 Å². The lowest BCUT2D eigenvalue weighted by Gasteiger charge is -2.11. The second-order valence-electron chi connectivity index (χ2n) is 3.99. The van der Waals surface area contributed by atoms with Crippen LogP contribution in [0.5, 0.6) is 11.5 Å². The Kier molecular flexibility index (Phi) is 3.40. The molecule has 0 radical (unpaired) electrons. The number of aryl methyl sites for hydroxylation is 2. The quantitative estimate of drug-likeness (QED) is 0.878. The van der Waals surface area contributed by atoms with Gasteiger partial charge in [0.2, 0.25) is 0 Å². The third-order valence-electron chi connectivity index (χ3n) is 2.67. The lowest BCUT2D eigenvalue weighted by Crippen LogP contribution is -1.98. The monoisotopic (exact) mass is 228 g/mol. The average Bonchev–Trinajstić information content (AvgIpc) is 2.35. The van der Waals surface area contributed by atoms with Gasteiger partial charge >= 0.3 is 0 Å². The lowest BCUT2D eigenvalue weighted by molar-refractivity contribution is 0.471. The first-order valence-electron chi connectivity index (χ1n) is 5.60. The van der Waals surface area contributed by atoms with Crippen LogP contribution in [0.1, 0.15) is 16.8 Å². The molecule has 1 aromatic carbocycles. The molecule has 2 aromatic rings. The number of nitrogens with zero attached hydrogens (tertiary/aromatic N) is 1. The smallest absolute Gasteiger partial charge is 0.148 e. The summed E-state index contributed by atoms with van der Waals surface area (Å²) in [7, 11) is 0. The van der Waals surface area contributed by atoms with Crippen LogP contribution in [0.4, 0.5) is 0 Å². The Labute approximate surface area is 101 Å². The summed E-state index contributed by atoms with van der Waals surface area (Å²) in [6, 6.07) is 9.78. The molecular formula is C14H16N2O. The molecule has 0 aliphatic carbocycles. The number of pyridine rings is 1. The average molecular weight is 228 g/mol. The van der Waals surface area contributed by atoms with Gasteiger partial charge in [-0.25, -0.2) is 0 Å². The van der Waals surface area contributed by atoms with Gasteiger partial charge in [-0.2, -0.15) is 0 Å². The van der Waals surface area contributed by atoms with Gasteiger partial charge in [-0.3, -0.25) is 4.98 Å². The van der Waals surface area contributed by atoms with Gasteiger partial charge in [-0.1, -0.05) is 12.1 Å². The van der Waals surface area contributed by atoms with Crippen LogP contribution >= 0.6 is 0 Å². The van der Waals surface area contributed by atoms with E-state index in [2.05, 4.69) is 4.98 Å². The first kappa shape index (κ1) is 11.6. The molecule has 0 spiro atoms. The van der Waals surface area contributed by atoms with Crippen LogP contribution in [-0.2, 0) is 6.54 Å². The number of benzene rings is 1. The number of rotatable bonds is 3. The summed E-state index contributed by atoms with van der Waals surface area (Å²) < 4.78 is 5.86. The van der Waals surface area contributed by atoms with Crippen LogP contribution < -0.4 is 10.5 Å². The van der Waals surface area contributed by atoms with Crippen molar-refractivity contribution in [3.05, 3.63) is 53.3 Å². The Morgan fingerprint density at radius 3 is 2.71 bits per heavy atom. The van der Waals surface area contributed by atoms with Crippen LogP contribution in [-0.4, -0.2) is 4.98 Å². The second kappa shape index (κ2) is 4.97. The molecule has 0 aliphatic rings.